The third-order valence-corrected chi connectivity index (χ3v) is 23.2. The molecular weight excluding hydrogens is 1780 g/mol. The van der Waals surface area contributed by atoms with Crippen molar-refractivity contribution in [3.63, 3.8) is 0 Å². The highest BCUT2D eigenvalue weighted by Crippen LogP contribution is 2.48. The minimum atomic E-state index is -0.610. The minimum absolute atomic E-state index is 0.115. The van der Waals surface area contributed by atoms with E-state index in [4.69, 9.17) is 52.1 Å². The highest BCUT2D eigenvalue weighted by Gasteiger charge is 2.35. The standard InChI is InChI=1S/C24H24O5.C24H24O4.2C23H21FO4.C23H22O4/c1-14(2)23(25)28-20-12-10-18-17(7-6-8-19(18)20)16-9-11-21(27-5)22(13-16)29-24(26)15(3)4;1-14(2)23(25)27-18-12-16(5)11-17(13-18)19-7-6-8-21-20(19)9-10-22(21)28-24(26)15(3)4;1-13(2)22(25)27-15-8-10-20(24)19(12-15)16-6-5-7-18-17(16)9-11-21(18)28-23(26)14(3)4;1-13(2)22(25)27-17-11-15(10-16(24)12-17)18-6-5-7-20-19(18)8-9-21(20)28-23(26)14(3)4;1-14(2)22(24)26-17-8-5-7-16(13-17)18-9-6-10-20-19(18)11-12-21(20)27-23(25)15(3)4/h6-9,11,13,20H,1,3,10,12H2,2,4-5H3;6-8,11-13,22H,1,3,9-10H2,2,4-5H3;5-8,10,12,21H,1,3,9,11H2,2,4H3;5-7,10-12,21H,1,3,8-9H2,2,4H3;5-10,13,21H,1,3,11-12H2,2,4H3. The lowest BCUT2D eigenvalue weighted by Gasteiger charge is -2.15. The number of methoxy groups -OCH3 is 1. The van der Waals surface area contributed by atoms with E-state index in [1.54, 1.807) is 92.6 Å². The normalized spacial score (nSPS) is 14.9. The Labute approximate surface area is 814 Å². The summed E-state index contributed by atoms with van der Waals surface area (Å²) in [6.45, 7) is 54.1. The van der Waals surface area contributed by atoms with E-state index >= 15 is 0 Å². The lowest BCUT2D eigenvalue weighted by Crippen LogP contribution is -2.09. The van der Waals surface area contributed by atoms with Crippen molar-refractivity contribution < 1.29 is 109 Å². The van der Waals surface area contributed by atoms with Gasteiger partial charge < -0.3 is 52.1 Å². The van der Waals surface area contributed by atoms with Gasteiger partial charge in [-0.2, -0.15) is 0 Å². The monoisotopic (exact) mass is 1890 g/mol. The molecule has 0 aliphatic heterocycles. The molecule has 5 unspecified atom stereocenters. The van der Waals surface area contributed by atoms with Crippen molar-refractivity contribution >= 4 is 59.7 Å². The number of aryl methyl sites for hydroxylation is 1. The molecule has 0 bridgehead atoms. The molecule has 0 saturated carbocycles. The van der Waals surface area contributed by atoms with E-state index in [1.807, 2.05) is 128 Å². The molecule has 21 nitrogen and oxygen atoms in total. The summed E-state index contributed by atoms with van der Waals surface area (Å²) >= 11 is 0. The molecule has 0 fully saturated rings. The predicted octanol–water partition coefficient (Wildman–Crippen LogP) is 25.3. The van der Waals surface area contributed by atoms with Crippen LogP contribution < -0.4 is 28.4 Å². The molecule has 10 aromatic carbocycles. The Bertz CT molecular complexity index is 6610. The molecule has 0 saturated heterocycles. The first-order valence-corrected chi connectivity index (χ1v) is 45.3. The zero-order valence-corrected chi connectivity index (χ0v) is 80.8. The lowest BCUT2D eigenvalue weighted by molar-refractivity contribution is -0.145. The Kier molecular flexibility index (Phi) is 34.8. The molecule has 5 atom stereocenters. The van der Waals surface area contributed by atoms with E-state index in [1.165, 1.54) is 38.3 Å². The number of carbonyl (C=O) groups is 10. The van der Waals surface area contributed by atoms with Gasteiger partial charge >= 0.3 is 59.7 Å². The van der Waals surface area contributed by atoms with Crippen molar-refractivity contribution in [2.75, 3.05) is 7.11 Å². The average Bonchev–Trinajstić information content (AvgIpc) is 1.63. The largest absolute Gasteiger partial charge is 0.493 e. The fourth-order valence-corrected chi connectivity index (χ4v) is 16.3. The van der Waals surface area contributed by atoms with Gasteiger partial charge in [0.25, 0.3) is 0 Å². The maximum Gasteiger partial charge on any atom is 0.338 e. The second-order valence-electron chi connectivity index (χ2n) is 35.0. The first kappa shape index (κ1) is 104. The van der Waals surface area contributed by atoms with Gasteiger partial charge in [0.1, 0.15) is 65.2 Å². The van der Waals surface area contributed by atoms with Crippen LogP contribution in [0, 0.1) is 18.6 Å². The lowest BCUT2D eigenvalue weighted by atomic mass is 9.95. The molecule has 0 heterocycles. The smallest absolute Gasteiger partial charge is 0.338 e. The third kappa shape index (κ3) is 26.2. The van der Waals surface area contributed by atoms with E-state index in [-0.39, 0.29) is 71.1 Å². The first-order valence-electron chi connectivity index (χ1n) is 45.3. The summed E-state index contributed by atoms with van der Waals surface area (Å²) in [7, 11) is 1.52. The number of hydrogen-bond donors (Lipinski definition) is 0. The summed E-state index contributed by atoms with van der Waals surface area (Å²) < 4.78 is 88.5. The first-order chi connectivity index (χ1) is 66.5. The molecule has 0 N–H and O–H groups in total. The van der Waals surface area contributed by atoms with E-state index in [2.05, 4.69) is 71.9 Å². The quantitative estimate of drug-likeness (QED) is 0.0211. The van der Waals surface area contributed by atoms with Crippen LogP contribution >= 0.6 is 0 Å². The number of halogens is 2. The summed E-state index contributed by atoms with van der Waals surface area (Å²) in [6, 6.07) is 56.0. The van der Waals surface area contributed by atoms with Crippen molar-refractivity contribution in [1.29, 1.82) is 0 Å². The van der Waals surface area contributed by atoms with Crippen LogP contribution in [-0.2, 0) is 104 Å². The molecule has 0 aromatic heterocycles. The van der Waals surface area contributed by atoms with Crippen molar-refractivity contribution in [2.45, 2.75) is 171 Å². The van der Waals surface area contributed by atoms with Crippen LogP contribution in [0.15, 0.2) is 310 Å². The molecule has 0 amide bonds. The van der Waals surface area contributed by atoms with Gasteiger partial charge in [0.2, 0.25) is 0 Å². The molecule has 0 radical (unpaired) electrons. The van der Waals surface area contributed by atoms with Gasteiger partial charge in [-0.05, 0) is 318 Å². The van der Waals surface area contributed by atoms with Gasteiger partial charge in [-0.25, -0.2) is 56.7 Å². The minimum Gasteiger partial charge on any atom is -0.493 e. The maximum atomic E-state index is 14.6. The molecule has 23 heteroatoms. The topological polar surface area (TPSA) is 272 Å². The SMILES string of the molecule is C=C(C)C(=O)Oc1cc(-c2cccc3c2CCC3OC(=O)C(=C)C)ccc1OC.C=C(C)C(=O)Oc1cc(C)cc(-c2cccc3c2CCC3OC(=O)C(=C)C)c1.C=C(C)C(=O)Oc1cc(F)cc(-c2cccc3c2CCC3OC(=O)C(=C)C)c1.C=C(C)C(=O)Oc1ccc(F)c(-c2cccc3c2CCC3OC(=O)C(=C)C)c1.C=C(C)C(=O)Oc1cccc(-c2cccc3c2CCC3OC(=O)C(=C)C)c1. The van der Waals surface area contributed by atoms with Gasteiger partial charge in [-0.3, -0.25) is 0 Å². The molecule has 5 aliphatic carbocycles. The molecular formula is C117H112F2O21. The number of benzene rings is 10. The number of fused-ring (bicyclic) bond motifs is 5. The summed E-state index contributed by atoms with van der Waals surface area (Å²) in [5.41, 5.74) is 22.8. The molecule has 10 aromatic rings. The summed E-state index contributed by atoms with van der Waals surface area (Å²) in [4.78, 5) is 119. The number of esters is 10. The second-order valence-corrected chi connectivity index (χ2v) is 35.0. The fraction of sp³-hybridized carbons (Fsp3) is 0.231. The van der Waals surface area contributed by atoms with Crippen molar-refractivity contribution in [3.8, 4) is 90.1 Å². The van der Waals surface area contributed by atoms with Gasteiger partial charge in [0, 0.05) is 67.4 Å². The number of carbonyl (C=O) groups excluding carboxylic acids is 10. The Morgan fingerprint density at radius 2 is 0.543 bits per heavy atom. The van der Waals surface area contributed by atoms with Gasteiger partial charge in [0.15, 0.2) is 11.5 Å². The molecule has 15 rings (SSSR count). The maximum absolute atomic E-state index is 14.6. The zero-order chi connectivity index (χ0) is 102. The van der Waals surface area contributed by atoms with Crippen molar-refractivity contribution in [1.82, 2.24) is 0 Å². The summed E-state index contributed by atoms with van der Waals surface area (Å²) in [6.07, 6.45) is 5.70. The fourth-order valence-electron chi connectivity index (χ4n) is 16.3. The highest BCUT2D eigenvalue weighted by molar-refractivity contribution is 5.94. The van der Waals surface area contributed by atoms with Gasteiger partial charge in [-0.1, -0.05) is 181 Å². The van der Waals surface area contributed by atoms with E-state index < -0.39 is 53.4 Å². The Morgan fingerprint density at radius 1 is 0.257 bits per heavy atom. The summed E-state index contributed by atoms with van der Waals surface area (Å²) in [5.74, 6) is -3.39. The third-order valence-electron chi connectivity index (χ3n) is 23.2. The van der Waals surface area contributed by atoms with Gasteiger partial charge in [-0.15, -0.1) is 0 Å². The Hall–Kier alpha value is -16.0. The van der Waals surface area contributed by atoms with Crippen molar-refractivity contribution in [3.05, 3.63) is 382 Å². The Morgan fingerprint density at radius 3 is 0.893 bits per heavy atom. The highest BCUT2D eigenvalue weighted by atomic mass is 19.1. The van der Waals surface area contributed by atoms with Crippen LogP contribution in [0.5, 0.6) is 34.5 Å². The molecule has 5 aliphatic rings. The van der Waals surface area contributed by atoms with Crippen LogP contribution in [0.1, 0.15) is 193 Å². The van der Waals surface area contributed by atoms with Crippen LogP contribution in [0.2, 0.25) is 0 Å². The summed E-state index contributed by atoms with van der Waals surface area (Å²) in [5, 5.41) is 0. The van der Waals surface area contributed by atoms with E-state index in [0.29, 0.717) is 110 Å². The molecule has 140 heavy (non-hydrogen) atoms. The van der Waals surface area contributed by atoms with Crippen LogP contribution in [0.3, 0.4) is 0 Å². The Balaban J connectivity index is 0.000000167. The number of rotatable bonds is 26. The van der Waals surface area contributed by atoms with Crippen LogP contribution in [-0.4, -0.2) is 66.8 Å². The predicted molar refractivity (Wildman–Crippen MR) is 533 cm³/mol. The average molecular weight is 1890 g/mol. The number of hydrogen-bond acceptors (Lipinski definition) is 21. The van der Waals surface area contributed by atoms with Crippen molar-refractivity contribution in [2.24, 2.45) is 0 Å². The number of ether oxygens (including phenoxy) is 11. The second kappa shape index (κ2) is 46.7. The van der Waals surface area contributed by atoms with Crippen LogP contribution in [0.4, 0.5) is 8.78 Å². The molecule has 0 spiro atoms. The van der Waals surface area contributed by atoms with E-state index in [0.717, 1.165) is 145 Å². The molecule has 720 valence electrons. The van der Waals surface area contributed by atoms with E-state index in [9.17, 15) is 56.7 Å². The zero-order valence-electron chi connectivity index (χ0n) is 80.8. The van der Waals surface area contributed by atoms with Gasteiger partial charge in [0.05, 0.1) is 7.11 Å². The van der Waals surface area contributed by atoms with Crippen LogP contribution in [0.25, 0.3) is 55.6 Å².